The lowest BCUT2D eigenvalue weighted by atomic mass is 10.0. The number of ketones is 1. The zero-order chi connectivity index (χ0) is 16.1. The zero-order valence-corrected chi connectivity index (χ0v) is 12.6. The molecule has 5 nitrogen and oxygen atoms in total. The van der Waals surface area contributed by atoms with Crippen molar-refractivity contribution in [1.82, 2.24) is 0 Å². The monoisotopic (exact) mass is 300 g/mol. The van der Waals surface area contributed by atoms with Crippen molar-refractivity contribution in [2.75, 3.05) is 14.2 Å². The first kappa shape index (κ1) is 15.6. The van der Waals surface area contributed by atoms with Gasteiger partial charge < -0.3 is 14.2 Å². The van der Waals surface area contributed by atoms with Crippen LogP contribution >= 0.6 is 0 Å². The van der Waals surface area contributed by atoms with E-state index in [1.165, 1.54) is 21.1 Å². The van der Waals surface area contributed by atoms with E-state index in [0.29, 0.717) is 22.6 Å². The first-order valence-electron chi connectivity index (χ1n) is 6.60. The summed E-state index contributed by atoms with van der Waals surface area (Å²) in [6, 6.07) is 11.5. The van der Waals surface area contributed by atoms with Gasteiger partial charge in [0.1, 0.15) is 17.2 Å². The molecule has 0 heterocycles. The molecule has 114 valence electrons. The van der Waals surface area contributed by atoms with E-state index in [4.69, 9.17) is 14.2 Å². The minimum atomic E-state index is -0.483. The Morgan fingerprint density at radius 2 is 1.50 bits per heavy atom. The first-order valence-corrected chi connectivity index (χ1v) is 6.60. The smallest absolute Gasteiger partial charge is 0.308 e. The molecule has 2 aromatic rings. The van der Waals surface area contributed by atoms with Crippen molar-refractivity contribution in [3.05, 3.63) is 53.6 Å². The number of hydrogen-bond donors (Lipinski definition) is 0. The number of para-hydroxylation sites is 1. The van der Waals surface area contributed by atoms with Gasteiger partial charge in [0.2, 0.25) is 0 Å². The number of ether oxygens (including phenoxy) is 3. The van der Waals surface area contributed by atoms with Crippen molar-refractivity contribution >= 4 is 11.8 Å². The summed E-state index contributed by atoms with van der Waals surface area (Å²) in [4.78, 5) is 23.8. The summed E-state index contributed by atoms with van der Waals surface area (Å²) in [5.41, 5.74) is 0.684. The third-order valence-corrected chi connectivity index (χ3v) is 3.00. The van der Waals surface area contributed by atoms with Gasteiger partial charge in [-0.05, 0) is 24.3 Å². The molecular weight excluding hydrogens is 284 g/mol. The highest BCUT2D eigenvalue weighted by Gasteiger charge is 2.17. The minimum Gasteiger partial charge on any atom is -0.497 e. The van der Waals surface area contributed by atoms with Crippen LogP contribution in [0.5, 0.6) is 17.2 Å². The molecule has 0 aliphatic carbocycles. The summed E-state index contributed by atoms with van der Waals surface area (Å²) < 4.78 is 15.4. The van der Waals surface area contributed by atoms with E-state index in [0.717, 1.165) is 0 Å². The molecule has 0 aliphatic rings. The van der Waals surface area contributed by atoms with Crippen LogP contribution in [0.15, 0.2) is 42.5 Å². The molecule has 0 amide bonds. The standard InChI is InChI=1S/C17H16O5/c1-11(18)22-16-7-5-4-6-15(16)17(19)12-8-13(20-2)10-14(9-12)21-3/h4-10H,1-3H3. The Balaban J connectivity index is 2.46. The lowest BCUT2D eigenvalue weighted by Gasteiger charge is -2.10. The van der Waals surface area contributed by atoms with Gasteiger partial charge in [0, 0.05) is 18.6 Å². The normalized spacial score (nSPS) is 9.95. The number of benzene rings is 2. The Kier molecular flexibility index (Phi) is 4.78. The van der Waals surface area contributed by atoms with Crippen LogP contribution in [0.4, 0.5) is 0 Å². The molecule has 22 heavy (non-hydrogen) atoms. The fourth-order valence-corrected chi connectivity index (χ4v) is 1.99. The van der Waals surface area contributed by atoms with Crippen LogP contribution in [0, 0.1) is 0 Å². The molecule has 2 aromatic carbocycles. The largest absolute Gasteiger partial charge is 0.497 e. The Morgan fingerprint density at radius 1 is 0.909 bits per heavy atom. The predicted molar refractivity (Wildman–Crippen MR) is 80.7 cm³/mol. The fourth-order valence-electron chi connectivity index (χ4n) is 1.99. The lowest BCUT2D eigenvalue weighted by molar-refractivity contribution is -0.131. The maximum Gasteiger partial charge on any atom is 0.308 e. The molecule has 0 saturated heterocycles. The van der Waals surface area contributed by atoms with Gasteiger partial charge in [0.25, 0.3) is 0 Å². The third-order valence-electron chi connectivity index (χ3n) is 3.00. The molecule has 0 fully saturated rings. The summed E-state index contributed by atoms with van der Waals surface area (Å²) >= 11 is 0. The highest BCUT2D eigenvalue weighted by Crippen LogP contribution is 2.27. The second-order valence-electron chi connectivity index (χ2n) is 4.52. The molecule has 5 heteroatoms. The molecule has 0 saturated carbocycles. The molecule has 0 atom stereocenters. The molecule has 0 radical (unpaired) electrons. The van der Waals surface area contributed by atoms with Gasteiger partial charge in [-0.1, -0.05) is 12.1 Å². The second-order valence-corrected chi connectivity index (χ2v) is 4.52. The van der Waals surface area contributed by atoms with E-state index in [-0.39, 0.29) is 11.5 Å². The van der Waals surface area contributed by atoms with Crippen LogP contribution in [0.2, 0.25) is 0 Å². The van der Waals surface area contributed by atoms with Gasteiger partial charge in [-0.15, -0.1) is 0 Å². The van der Waals surface area contributed by atoms with Crippen molar-refractivity contribution in [2.45, 2.75) is 6.92 Å². The van der Waals surface area contributed by atoms with Gasteiger partial charge in [0.05, 0.1) is 19.8 Å². The lowest BCUT2D eigenvalue weighted by Crippen LogP contribution is -2.09. The highest BCUT2D eigenvalue weighted by molar-refractivity contribution is 6.11. The van der Waals surface area contributed by atoms with Crippen molar-refractivity contribution in [2.24, 2.45) is 0 Å². The van der Waals surface area contributed by atoms with Crippen LogP contribution < -0.4 is 14.2 Å². The van der Waals surface area contributed by atoms with E-state index in [9.17, 15) is 9.59 Å². The molecule has 0 bridgehead atoms. The van der Waals surface area contributed by atoms with Crippen molar-refractivity contribution in [3.8, 4) is 17.2 Å². The molecular formula is C17H16O5. The number of esters is 1. The average molecular weight is 300 g/mol. The number of hydrogen-bond acceptors (Lipinski definition) is 5. The quantitative estimate of drug-likeness (QED) is 0.483. The summed E-state index contributed by atoms with van der Waals surface area (Å²) in [5.74, 6) is 0.472. The van der Waals surface area contributed by atoms with Crippen molar-refractivity contribution in [3.63, 3.8) is 0 Å². The van der Waals surface area contributed by atoms with Gasteiger partial charge in [-0.3, -0.25) is 9.59 Å². The molecule has 0 unspecified atom stereocenters. The Hall–Kier alpha value is -2.82. The van der Waals surface area contributed by atoms with Crippen LogP contribution in [-0.4, -0.2) is 26.0 Å². The molecule has 0 aliphatic heterocycles. The molecule has 0 spiro atoms. The van der Waals surface area contributed by atoms with Gasteiger partial charge in [-0.2, -0.15) is 0 Å². The van der Waals surface area contributed by atoms with Crippen molar-refractivity contribution < 1.29 is 23.8 Å². The summed E-state index contributed by atoms with van der Waals surface area (Å²) in [6.07, 6.45) is 0. The number of rotatable bonds is 5. The van der Waals surface area contributed by atoms with Gasteiger partial charge in [-0.25, -0.2) is 0 Å². The SMILES string of the molecule is COc1cc(OC)cc(C(=O)c2ccccc2OC(C)=O)c1. The van der Waals surface area contributed by atoms with Gasteiger partial charge >= 0.3 is 5.97 Å². The van der Waals surface area contributed by atoms with Crippen LogP contribution in [0.3, 0.4) is 0 Å². The van der Waals surface area contributed by atoms with Crippen LogP contribution in [0.25, 0.3) is 0 Å². The van der Waals surface area contributed by atoms with E-state index in [2.05, 4.69) is 0 Å². The summed E-state index contributed by atoms with van der Waals surface area (Å²) in [5, 5.41) is 0. The van der Waals surface area contributed by atoms with Crippen LogP contribution in [0.1, 0.15) is 22.8 Å². The van der Waals surface area contributed by atoms with Crippen LogP contribution in [-0.2, 0) is 4.79 Å². The topological polar surface area (TPSA) is 61.8 Å². The molecule has 0 N–H and O–H groups in total. The van der Waals surface area contributed by atoms with Gasteiger partial charge in [0.15, 0.2) is 5.78 Å². The number of carbonyl (C=O) groups is 2. The number of methoxy groups -OCH3 is 2. The van der Waals surface area contributed by atoms with E-state index in [1.807, 2.05) is 0 Å². The predicted octanol–water partition coefficient (Wildman–Crippen LogP) is 2.86. The average Bonchev–Trinajstić information content (AvgIpc) is 2.53. The molecule has 0 aromatic heterocycles. The van der Waals surface area contributed by atoms with E-state index in [1.54, 1.807) is 42.5 Å². The highest BCUT2D eigenvalue weighted by atomic mass is 16.5. The Morgan fingerprint density at radius 3 is 2.05 bits per heavy atom. The number of carbonyl (C=O) groups excluding carboxylic acids is 2. The maximum atomic E-state index is 12.7. The molecule has 2 rings (SSSR count). The van der Waals surface area contributed by atoms with E-state index >= 15 is 0 Å². The van der Waals surface area contributed by atoms with Crippen molar-refractivity contribution in [1.29, 1.82) is 0 Å². The minimum absolute atomic E-state index is 0.224. The summed E-state index contributed by atoms with van der Waals surface area (Å²) in [6.45, 7) is 1.29. The second kappa shape index (κ2) is 6.76. The van der Waals surface area contributed by atoms with E-state index < -0.39 is 5.97 Å². The maximum absolute atomic E-state index is 12.7. The summed E-state index contributed by atoms with van der Waals surface area (Å²) in [7, 11) is 3.02. The fraction of sp³-hybridized carbons (Fsp3) is 0.176. The first-order chi connectivity index (χ1) is 10.5. The third kappa shape index (κ3) is 3.44. The Labute approximate surface area is 128 Å². The Bertz CT molecular complexity index is 684. The zero-order valence-electron chi connectivity index (χ0n) is 12.6.